The molecule has 0 unspecified atom stereocenters. The summed E-state index contributed by atoms with van der Waals surface area (Å²) >= 11 is 1.61. The number of nitrogens with zero attached hydrogens (tertiary/aromatic N) is 5. The van der Waals surface area contributed by atoms with Crippen molar-refractivity contribution in [2.75, 3.05) is 26.2 Å². The second-order valence-electron chi connectivity index (χ2n) is 6.34. The van der Waals surface area contributed by atoms with Crippen molar-refractivity contribution < 1.29 is 8.94 Å². The quantitative estimate of drug-likeness (QED) is 0.693. The molecular formula is C17H21N5O2S. The normalized spacial score (nSPS) is 17.8. The predicted octanol–water partition coefficient (Wildman–Crippen LogP) is 2.97. The molecule has 8 heteroatoms. The summed E-state index contributed by atoms with van der Waals surface area (Å²) in [6, 6.07) is 6.11. The lowest BCUT2D eigenvalue weighted by Gasteiger charge is -2.36. The molecule has 0 aromatic carbocycles. The Labute approximate surface area is 150 Å². The minimum absolute atomic E-state index is 0.123. The first kappa shape index (κ1) is 16.4. The third-order valence-corrected chi connectivity index (χ3v) is 5.40. The number of piperazine rings is 1. The molecule has 4 rings (SSSR count). The van der Waals surface area contributed by atoms with E-state index in [1.807, 2.05) is 30.5 Å². The molecule has 0 spiro atoms. The molecule has 0 aliphatic carbocycles. The summed E-state index contributed by atoms with van der Waals surface area (Å²) in [7, 11) is 0. The van der Waals surface area contributed by atoms with E-state index < -0.39 is 0 Å². The number of hydrogen-bond acceptors (Lipinski definition) is 8. The summed E-state index contributed by atoms with van der Waals surface area (Å²) in [5.41, 5.74) is 0.997. The fraction of sp³-hybridized carbons (Fsp3) is 0.471. The average molecular weight is 359 g/mol. The Morgan fingerprint density at radius 1 is 1.24 bits per heavy atom. The highest BCUT2D eigenvalue weighted by Crippen LogP contribution is 2.27. The predicted molar refractivity (Wildman–Crippen MR) is 94.1 cm³/mol. The van der Waals surface area contributed by atoms with Crippen molar-refractivity contribution in [2.45, 2.75) is 26.4 Å². The second kappa shape index (κ2) is 7.07. The van der Waals surface area contributed by atoms with E-state index in [9.17, 15) is 0 Å². The lowest BCUT2D eigenvalue weighted by atomic mass is 10.2. The van der Waals surface area contributed by atoms with Gasteiger partial charge in [-0.25, -0.2) is 0 Å². The first-order valence-electron chi connectivity index (χ1n) is 8.45. The Hall–Kier alpha value is -2.03. The smallest absolute Gasteiger partial charge is 0.257 e. The summed E-state index contributed by atoms with van der Waals surface area (Å²) in [4.78, 5) is 5.79. The Morgan fingerprint density at radius 3 is 2.76 bits per heavy atom. The van der Waals surface area contributed by atoms with E-state index in [1.54, 1.807) is 11.3 Å². The molecule has 0 bridgehead atoms. The summed E-state index contributed by atoms with van der Waals surface area (Å²) in [5, 5.41) is 14.5. The van der Waals surface area contributed by atoms with E-state index in [0.717, 1.165) is 49.1 Å². The van der Waals surface area contributed by atoms with Gasteiger partial charge in [-0.1, -0.05) is 11.2 Å². The van der Waals surface area contributed by atoms with Gasteiger partial charge in [-0.05, 0) is 25.3 Å². The van der Waals surface area contributed by atoms with Gasteiger partial charge in [0.05, 0.1) is 16.6 Å². The van der Waals surface area contributed by atoms with Crippen molar-refractivity contribution in [3.8, 4) is 10.8 Å². The summed E-state index contributed by atoms with van der Waals surface area (Å²) in [6.45, 7) is 8.80. The molecular weight excluding hydrogens is 338 g/mol. The highest BCUT2D eigenvalue weighted by molar-refractivity contribution is 7.13. The van der Waals surface area contributed by atoms with Crippen LogP contribution in [0.2, 0.25) is 0 Å². The van der Waals surface area contributed by atoms with Crippen LogP contribution in [-0.4, -0.2) is 51.3 Å². The molecule has 25 heavy (non-hydrogen) atoms. The molecule has 3 aromatic rings. The lowest BCUT2D eigenvalue weighted by molar-refractivity contribution is 0.0863. The first-order chi connectivity index (χ1) is 12.2. The largest absolute Gasteiger partial charge is 0.418 e. The van der Waals surface area contributed by atoms with E-state index in [2.05, 4.69) is 32.1 Å². The van der Waals surface area contributed by atoms with Crippen LogP contribution in [0, 0.1) is 6.92 Å². The van der Waals surface area contributed by atoms with Crippen LogP contribution in [0.15, 0.2) is 32.5 Å². The van der Waals surface area contributed by atoms with Gasteiger partial charge in [0, 0.05) is 38.8 Å². The zero-order valence-electron chi connectivity index (χ0n) is 14.4. The fourth-order valence-corrected chi connectivity index (χ4v) is 3.73. The Kier molecular flexibility index (Phi) is 4.65. The maximum Gasteiger partial charge on any atom is 0.257 e. The number of aromatic nitrogens is 3. The van der Waals surface area contributed by atoms with Crippen molar-refractivity contribution in [1.82, 2.24) is 25.2 Å². The molecule has 132 valence electrons. The second-order valence-corrected chi connectivity index (χ2v) is 7.29. The Morgan fingerprint density at radius 2 is 2.08 bits per heavy atom. The van der Waals surface area contributed by atoms with Gasteiger partial charge < -0.3 is 8.94 Å². The van der Waals surface area contributed by atoms with Gasteiger partial charge in [-0.15, -0.1) is 21.5 Å². The van der Waals surface area contributed by atoms with Crippen LogP contribution in [0.1, 0.15) is 30.3 Å². The van der Waals surface area contributed by atoms with Gasteiger partial charge in [-0.2, -0.15) is 0 Å². The van der Waals surface area contributed by atoms with Crippen LogP contribution in [0.4, 0.5) is 0 Å². The van der Waals surface area contributed by atoms with Crippen molar-refractivity contribution in [1.29, 1.82) is 0 Å². The van der Waals surface area contributed by atoms with Crippen molar-refractivity contribution in [2.24, 2.45) is 0 Å². The van der Waals surface area contributed by atoms with E-state index in [4.69, 9.17) is 8.94 Å². The topological polar surface area (TPSA) is 71.4 Å². The van der Waals surface area contributed by atoms with Crippen LogP contribution in [-0.2, 0) is 6.54 Å². The summed E-state index contributed by atoms with van der Waals surface area (Å²) in [5.74, 6) is 2.15. The van der Waals surface area contributed by atoms with Crippen LogP contribution in [0.3, 0.4) is 0 Å². The molecule has 1 fully saturated rings. The Balaban J connectivity index is 1.34. The standard InChI is InChI=1S/C17H21N5O2S/c1-12-10-14(20-24-12)11-21-5-7-22(8-6-21)13(2)16-18-19-17(23-16)15-4-3-9-25-15/h3-4,9-10,13H,5-8,11H2,1-2H3/t13-/m1/s1. The van der Waals surface area contributed by atoms with Crippen molar-refractivity contribution in [3.63, 3.8) is 0 Å². The van der Waals surface area contributed by atoms with Crippen molar-refractivity contribution >= 4 is 11.3 Å². The molecule has 1 atom stereocenters. The van der Waals surface area contributed by atoms with Crippen LogP contribution in [0.25, 0.3) is 10.8 Å². The van der Waals surface area contributed by atoms with E-state index in [-0.39, 0.29) is 6.04 Å². The number of hydrogen-bond donors (Lipinski definition) is 0. The van der Waals surface area contributed by atoms with Gasteiger partial charge in [-0.3, -0.25) is 9.80 Å². The van der Waals surface area contributed by atoms with Gasteiger partial charge >= 0.3 is 0 Å². The molecule has 0 saturated carbocycles. The van der Waals surface area contributed by atoms with Gasteiger partial charge in [0.15, 0.2) is 0 Å². The zero-order chi connectivity index (χ0) is 17.2. The van der Waals surface area contributed by atoms with Crippen LogP contribution >= 0.6 is 11.3 Å². The van der Waals surface area contributed by atoms with Gasteiger partial charge in [0.1, 0.15) is 5.76 Å². The molecule has 0 N–H and O–H groups in total. The maximum absolute atomic E-state index is 5.88. The maximum atomic E-state index is 5.88. The van der Waals surface area contributed by atoms with Gasteiger partial charge in [0.25, 0.3) is 5.89 Å². The van der Waals surface area contributed by atoms with E-state index in [0.29, 0.717) is 11.8 Å². The number of rotatable bonds is 5. The van der Waals surface area contributed by atoms with Gasteiger partial charge in [0.2, 0.25) is 5.89 Å². The highest BCUT2D eigenvalue weighted by atomic mass is 32.1. The van der Waals surface area contributed by atoms with Crippen LogP contribution < -0.4 is 0 Å². The third kappa shape index (κ3) is 3.65. The molecule has 7 nitrogen and oxygen atoms in total. The molecule has 0 amide bonds. The molecule has 4 heterocycles. The number of thiophene rings is 1. The molecule has 1 aliphatic heterocycles. The monoisotopic (exact) mass is 359 g/mol. The summed E-state index contributed by atoms with van der Waals surface area (Å²) < 4.78 is 11.0. The molecule has 1 aliphatic rings. The van der Waals surface area contributed by atoms with Crippen LogP contribution in [0.5, 0.6) is 0 Å². The molecule has 1 saturated heterocycles. The van der Waals surface area contributed by atoms with E-state index >= 15 is 0 Å². The minimum Gasteiger partial charge on any atom is -0.418 e. The van der Waals surface area contributed by atoms with Crippen molar-refractivity contribution in [3.05, 3.63) is 40.9 Å². The molecule has 0 radical (unpaired) electrons. The Bertz CT molecular complexity index is 805. The average Bonchev–Trinajstić information content (AvgIpc) is 3.36. The molecule has 3 aromatic heterocycles. The van der Waals surface area contributed by atoms with E-state index in [1.165, 1.54) is 0 Å². The zero-order valence-corrected chi connectivity index (χ0v) is 15.2. The SMILES string of the molecule is Cc1cc(CN2CCN([C@H](C)c3nnc(-c4cccs4)o3)CC2)no1. The fourth-order valence-electron chi connectivity index (χ4n) is 3.09. The minimum atomic E-state index is 0.123. The first-order valence-corrected chi connectivity index (χ1v) is 9.33. The lowest BCUT2D eigenvalue weighted by Crippen LogP contribution is -2.46. The summed E-state index contributed by atoms with van der Waals surface area (Å²) in [6.07, 6.45) is 0. The number of aryl methyl sites for hydroxylation is 1. The highest BCUT2D eigenvalue weighted by Gasteiger charge is 2.26. The third-order valence-electron chi connectivity index (χ3n) is 4.55.